The summed E-state index contributed by atoms with van der Waals surface area (Å²) in [4.78, 5) is 0. The van der Waals surface area contributed by atoms with Crippen molar-refractivity contribution in [2.75, 3.05) is 0 Å². The second kappa shape index (κ2) is 4.73. The van der Waals surface area contributed by atoms with E-state index in [9.17, 15) is 18.3 Å². The lowest BCUT2D eigenvalue weighted by Gasteiger charge is -2.37. The third-order valence-corrected chi connectivity index (χ3v) is 3.43. The van der Waals surface area contributed by atoms with Gasteiger partial charge >= 0.3 is 6.18 Å². The van der Waals surface area contributed by atoms with Crippen LogP contribution in [0, 0.1) is 5.92 Å². The van der Waals surface area contributed by atoms with Crippen LogP contribution in [-0.2, 0) is 0 Å². The van der Waals surface area contributed by atoms with Crippen LogP contribution in [0.25, 0.3) is 0 Å². The quantitative estimate of drug-likeness (QED) is 0.775. The molecule has 1 aliphatic carbocycles. The molecule has 0 aromatic heterocycles. The zero-order chi connectivity index (χ0) is 11.5. The first-order chi connectivity index (χ1) is 6.89. The van der Waals surface area contributed by atoms with Gasteiger partial charge in [0.25, 0.3) is 0 Å². The van der Waals surface area contributed by atoms with Crippen LogP contribution in [0.1, 0.15) is 51.9 Å². The predicted molar refractivity (Wildman–Crippen MR) is 52.5 cm³/mol. The molecule has 0 atom stereocenters. The zero-order valence-electron chi connectivity index (χ0n) is 9.11. The Morgan fingerprint density at radius 3 is 2.20 bits per heavy atom. The normalized spacial score (nSPS) is 33.0. The van der Waals surface area contributed by atoms with Crippen LogP contribution in [0.15, 0.2) is 0 Å². The van der Waals surface area contributed by atoms with Crippen LogP contribution in [0.5, 0.6) is 0 Å². The molecule has 0 saturated heterocycles. The zero-order valence-corrected chi connectivity index (χ0v) is 9.11. The maximum absolute atomic E-state index is 12.5. The summed E-state index contributed by atoms with van der Waals surface area (Å²) in [5.74, 6) is 0.382. The van der Waals surface area contributed by atoms with Gasteiger partial charge in [0.05, 0.1) is 0 Å². The average molecular weight is 224 g/mol. The molecule has 0 aromatic rings. The molecular formula is C11H19F3O. The summed E-state index contributed by atoms with van der Waals surface area (Å²) < 4.78 is 37.4. The van der Waals surface area contributed by atoms with E-state index in [1.54, 1.807) is 0 Å². The molecule has 0 unspecified atom stereocenters. The summed E-state index contributed by atoms with van der Waals surface area (Å²) in [6.07, 6.45) is -0.510. The molecule has 1 rings (SSSR count). The maximum Gasteiger partial charge on any atom is 0.417 e. The first-order valence-corrected chi connectivity index (χ1v) is 5.68. The van der Waals surface area contributed by atoms with E-state index < -0.39 is 11.8 Å². The van der Waals surface area contributed by atoms with E-state index in [4.69, 9.17) is 0 Å². The molecular weight excluding hydrogens is 205 g/mol. The van der Waals surface area contributed by atoms with E-state index in [-0.39, 0.29) is 12.8 Å². The topological polar surface area (TPSA) is 20.2 Å². The van der Waals surface area contributed by atoms with E-state index >= 15 is 0 Å². The smallest absolute Gasteiger partial charge is 0.380 e. The Bertz CT molecular complexity index is 192. The lowest BCUT2D eigenvalue weighted by molar-refractivity contribution is -0.272. The minimum atomic E-state index is -4.46. The highest BCUT2D eigenvalue weighted by atomic mass is 19.4. The van der Waals surface area contributed by atoms with Crippen molar-refractivity contribution in [1.29, 1.82) is 0 Å². The first-order valence-electron chi connectivity index (χ1n) is 5.68. The Hall–Kier alpha value is -0.250. The van der Waals surface area contributed by atoms with Gasteiger partial charge in [-0.2, -0.15) is 13.2 Å². The monoisotopic (exact) mass is 224 g/mol. The van der Waals surface area contributed by atoms with Gasteiger partial charge in [-0.15, -0.1) is 0 Å². The molecule has 1 fully saturated rings. The van der Waals surface area contributed by atoms with Crippen LogP contribution in [0.3, 0.4) is 0 Å². The Kier molecular flexibility index (Phi) is 4.04. The van der Waals surface area contributed by atoms with Crippen LogP contribution < -0.4 is 0 Å². The van der Waals surface area contributed by atoms with Crippen LogP contribution in [0.2, 0.25) is 0 Å². The van der Waals surface area contributed by atoms with Gasteiger partial charge in [0.2, 0.25) is 0 Å². The molecule has 0 heterocycles. The number of unbranched alkanes of at least 4 members (excludes halogenated alkanes) is 1. The summed E-state index contributed by atoms with van der Waals surface area (Å²) in [6.45, 7) is 2.08. The average Bonchev–Trinajstić information content (AvgIpc) is 2.15. The number of hydrogen-bond acceptors (Lipinski definition) is 1. The molecule has 1 N–H and O–H groups in total. The highest BCUT2D eigenvalue weighted by Gasteiger charge is 2.54. The van der Waals surface area contributed by atoms with Crippen molar-refractivity contribution >= 4 is 0 Å². The second-order valence-corrected chi connectivity index (χ2v) is 4.61. The van der Waals surface area contributed by atoms with Crippen molar-refractivity contribution in [2.24, 2.45) is 5.92 Å². The van der Waals surface area contributed by atoms with E-state index in [0.29, 0.717) is 18.8 Å². The first kappa shape index (κ1) is 12.8. The molecule has 90 valence electrons. The summed E-state index contributed by atoms with van der Waals surface area (Å²) >= 11 is 0. The second-order valence-electron chi connectivity index (χ2n) is 4.61. The SMILES string of the molecule is CCCCC1CCC(O)(C(F)(F)F)CC1. The molecule has 0 bridgehead atoms. The minimum Gasteiger partial charge on any atom is -0.380 e. The lowest BCUT2D eigenvalue weighted by Crippen LogP contribution is -2.47. The van der Waals surface area contributed by atoms with Gasteiger partial charge in [-0.25, -0.2) is 0 Å². The Morgan fingerprint density at radius 1 is 1.27 bits per heavy atom. The maximum atomic E-state index is 12.5. The van der Waals surface area contributed by atoms with Crippen molar-refractivity contribution in [3.05, 3.63) is 0 Å². The van der Waals surface area contributed by atoms with E-state index in [1.165, 1.54) is 0 Å². The fourth-order valence-electron chi connectivity index (χ4n) is 2.22. The van der Waals surface area contributed by atoms with Crippen molar-refractivity contribution in [3.8, 4) is 0 Å². The number of alkyl halides is 3. The van der Waals surface area contributed by atoms with Gasteiger partial charge in [0, 0.05) is 0 Å². The summed E-state index contributed by atoms with van der Waals surface area (Å²) in [6, 6.07) is 0. The molecule has 0 radical (unpaired) electrons. The van der Waals surface area contributed by atoms with Crippen molar-refractivity contribution in [3.63, 3.8) is 0 Å². The van der Waals surface area contributed by atoms with Gasteiger partial charge in [-0.05, 0) is 31.6 Å². The van der Waals surface area contributed by atoms with Crippen molar-refractivity contribution in [2.45, 2.75) is 63.6 Å². The third kappa shape index (κ3) is 3.10. The Labute approximate surface area is 88.7 Å². The molecule has 0 aromatic carbocycles. The highest BCUT2D eigenvalue weighted by Crippen LogP contribution is 2.43. The van der Waals surface area contributed by atoms with Gasteiger partial charge in [-0.1, -0.05) is 26.2 Å². The Morgan fingerprint density at radius 2 is 1.80 bits per heavy atom. The molecule has 0 aliphatic heterocycles. The summed E-state index contributed by atoms with van der Waals surface area (Å²) in [5, 5.41) is 9.43. The van der Waals surface area contributed by atoms with E-state index in [2.05, 4.69) is 6.92 Å². The van der Waals surface area contributed by atoms with Crippen LogP contribution >= 0.6 is 0 Å². The largest absolute Gasteiger partial charge is 0.417 e. The fourth-order valence-corrected chi connectivity index (χ4v) is 2.22. The molecule has 1 saturated carbocycles. The van der Waals surface area contributed by atoms with Gasteiger partial charge < -0.3 is 5.11 Å². The summed E-state index contributed by atoms with van der Waals surface area (Å²) in [7, 11) is 0. The van der Waals surface area contributed by atoms with Crippen molar-refractivity contribution < 1.29 is 18.3 Å². The van der Waals surface area contributed by atoms with Gasteiger partial charge in [-0.3, -0.25) is 0 Å². The third-order valence-electron chi connectivity index (χ3n) is 3.43. The molecule has 0 spiro atoms. The van der Waals surface area contributed by atoms with Crippen LogP contribution in [0.4, 0.5) is 13.2 Å². The van der Waals surface area contributed by atoms with Gasteiger partial charge in [0.15, 0.2) is 5.60 Å². The lowest BCUT2D eigenvalue weighted by atomic mass is 9.77. The Balaban J connectivity index is 2.41. The number of rotatable bonds is 3. The predicted octanol–water partition coefficient (Wildman–Crippen LogP) is 3.66. The standard InChI is InChI=1S/C11H19F3O/c1-2-3-4-9-5-7-10(15,8-6-9)11(12,13)14/h9,15H,2-8H2,1H3. The molecule has 0 amide bonds. The highest BCUT2D eigenvalue weighted by molar-refractivity contribution is 4.91. The number of aliphatic hydroxyl groups is 1. The molecule has 1 nitrogen and oxygen atoms in total. The number of halogens is 3. The van der Waals surface area contributed by atoms with Crippen LogP contribution in [-0.4, -0.2) is 16.9 Å². The van der Waals surface area contributed by atoms with Crippen molar-refractivity contribution in [1.82, 2.24) is 0 Å². The molecule has 1 aliphatic rings. The number of hydrogen-bond donors (Lipinski definition) is 1. The van der Waals surface area contributed by atoms with E-state index in [1.807, 2.05) is 0 Å². The molecule has 4 heteroatoms. The fraction of sp³-hybridized carbons (Fsp3) is 1.00. The summed E-state index contributed by atoms with van der Waals surface area (Å²) in [5.41, 5.74) is -2.41. The van der Waals surface area contributed by atoms with E-state index in [0.717, 1.165) is 19.3 Å². The molecule has 15 heavy (non-hydrogen) atoms. The van der Waals surface area contributed by atoms with Gasteiger partial charge in [0.1, 0.15) is 0 Å². The minimum absolute atomic E-state index is 0.120.